The molecule has 0 radical (unpaired) electrons. The summed E-state index contributed by atoms with van der Waals surface area (Å²) in [6.45, 7) is 5.36. The van der Waals surface area contributed by atoms with E-state index in [4.69, 9.17) is 0 Å². The Morgan fingerprint density at radius 3 is 2.32 bits per heavy atom. The highest BCUT2D eigenvalue weighted by Gasteiger charge is 2.06. The van der Waals surface area contributed by atoms with E-state index in [0.717, 1.165) is 22.2 Å². The van der Waals surface area contributed by atoms with Gasteiger partial charge in [0.2, 0.25) is 0 Å². The third-order valence-corrected chi connectivity index (χ3v) is 4.62. The van der Waals surface area contributed by atoms with Gasteiger partial charge in [0.1, 0.15) is 0 Å². The van der Waals surface area contributed by atoms with Crippen LogP contribution in [0.2, 0.25) is 0 Å². The van der Waals surface area contributed by atoms with Crippen molar-refractivity contribution in [2.75, 3.05) is 14.1 Å². The number of carbonyl (C=O) groups is 1. The number of aromatic nitrogens is 1. The smallest absolute Gasteiger partial charge is 0.251 e. The van der Waals surface area contributed by atoms with Gasteiger partial charge in [-0.05, 0) is 31.5 Å². The van der Waals surface area contributed by atoms with Crippen molar-refractivity contribution in [3.05, 3.63) is 51.0 Å². The van der Waals surface area contributed by atoms with Crippen LogP contribution in [0.4, 0.5) is 0 Å². The molecule has 6 nitrogen and oxygen atoms in total. The van der Waals surface area contributed by atoms with Gasteiger partial charge in [0, 0.05) is 31.1 Å². The predicted octanol–water partition coefficient (Wildman–Crippen LogP) is 2.60. The van der Waals surface area contributed by atoms with Gasteiger partial charge in [-0.1, -0.05) is 12.1 Å². The van der Waals surface area contributed by atoms with Crippen LogP contribution in [0, 0.1) is 13.8 Å². The fraction of sp³-hybridized carbons (Fsp3) is 0.353. The molecular weight excluding hydrogens is 449 g/mol. The Hall–Kier alpha value is -1.68. The topological polar surface area (TPSA) is 78.4 Å². The summed E-state index contributed by atoms with van der Waals surface area (Å²) in [5.74, 6) is 0.651. The maximum absolute atomic E-state index is 11.5. The number of benzene rings is 1. The summed E-state index contributed by atoms with van der Waals surface area (Å²) in [6, 6.07) is 7.49. The molecule has 0 saturated carbocycles. The van der Waals surface area contributed by atoms with Crippen LogP contribution in [-0.4, -0.2) is 30.9 Å². The second kappa shape index (κ2) is 10.3. The maximum atomic E-state index is 11.5. The molecule has 0 aliphatic carbocycles. The van der Waals surface area contributed by atoms with Gasteiger partial charge in [-0.25, -0.2) is 4.98 Å². The highest BCUT2D eigenvalue weighted by Crippen LogP contribution is 2.16. The molecule has 25 heavy (non-hydrogen) atoms. The van der Waals surface area contributed by atoms with Crippen LogP contribution in [-0.2, 0) is 13.1 Å². The van der Waals surface area contributed by atoms with Crippen molar-refractivity contribution in [1.29, 1.82) is 0 Å². The quantitative estimate of drug-likeness (QED) is 0.355. The monoisotopic (exact) mass is 473 g/mol. The second-order valence-electron chi connectivity index (χ2n) is 5.30. The minimum Gasteiger partial charge on any atom is -0.355 e. The Balaban J connectivity index is 0.00000312. The van der Waals surface area contributed by atoms with E-state index in [1.807, 2.05) is 38.1 Å². The summed E-state index contributed by atoms with van der Waals surface area (Å²) >= 11 is 1.69. The molecule has 2 aromatic rings. The zero-order chi connectivity index (χ0) is 17.5. The highest BCUT2D eigenvalue weighted by atomic mass is 127. The van der Waals surface area contributed by atoms with Crippen LogP contribution in [0.1, 0.15) is 31.5 Å². The number of thiazole rings is 1. The van der Waals surface area contributed by atoms with Crippen LogP contribution in [0.5, 0.6) is 0 Å². The summed E-state index contributed by atoms with van der Waals surface area (Å²) < 4.78 is 0. The normalized spacial score (nSPS) is 10.8. The van der Waals surface area contributed by atoms with Gasteiger partial charge in [-0.3, -0.25) is 9.79 Å². The first-order valence-electron chi connectivity index (χ1n) is 7.72. The molecule has 3 N–H and O–H groups in total. The Morgan fingerprint density at radius 2 is 1.80 bits per heavy atom. The summed E-state index contributed by atoms with van der Waals surface area (Å²) in [4.78, 5) is 21.4. The fourth-order valence-corrected chi connectivity index (χ4v) is 3.10. The molecule has 0 aliphatic heterocycles. The van der Waals surface area contributed by atoms with Crippen molar-refractivity contribution in [3.8, 4) is 0 Å². The lowest BCUT2D eigenvalue weighted by Gasteiger charge is -2.11. The summed E-state index contributed by atoms with van der Waals surface area (Å²) in [5.41, 5.74) is 2.79. The Kier molecular flexibility index (Phi) is 8.84. The van der Waals surface area contributed by atoms with Crippen LogP contribution < -0.4 is 16.0 Å². The molecule has 1 aromatic carbocycles. The van der Waals surface area contributed by atoms with Gasteiger partial charge in [0.25, 0.3) is 5.91 Å². The average Bonchev–Trinajstić information content (AvgIpc) is 2.92. The van der Waals surface area contributed by atoms with E-state index in [-0.39, 0.29) is 29.9 Å². The number of aliphatic imine (C=N–C) groups is 1. The van der Waals surface area contributed by atoms with Crippen molar-refractivity contribution >= 4 is 47.2 Å². The van der Waals surface area contributed by atoms with Gasteiger partial charge in [-0.15, -0.1) is 35.3 Å². The van der Waals surface area contributed by atoms with Crippen LogP contribution in [0.15, 0.2) is 29.3 Å². The van der Waals surface area contributed by atoms with E-state index in [9.17, 15) is 4.79 Å². The first kappa shape index (κ1) is 21.4. The lowest BCUT2D eigenvalue weighted by molar-refractivity contribution is 0.0963. The molecule has 1 heterocycles. The SMILES string of the molecule is CN=C(NCc1ccc(C(=O)NC)cc1)NCc1sc(C)nc1C.I. The van der Waals surface area contributed by atoms with E-state index in [2.05, 4.69) is 25.9 Å². The molecule has 0 spiro atoms. The minimum atomic E-state index is -0.0813. The number of hydrogen-bond donors (Lipinski definition) is 3. The van der Waals surface area contributed by atoms with Crippen molar-refractivity contribution in [2.24, 2.45) is 4.99 Å². The van der Waals surface area contributed by atoms with E-state index in [1.165, 1.54) is 4.88 Å². The van der Waals surface area contributed by atoms with Crippen LogP contribution >= 0.6 is 35.3 Å². The molecule has 136 valence electrons. The van der Waals surface area contributed by atoms with Crippen molar-refractivity contribution in [3.63, 3.8) is 0 Å². The van der Waals surface area contributed by atoms with Crippen LogP contribution in [0.3, 0.4) is 0 Å². The number of nitrogens with one attached hydrogen (secondary N) is 3. The Bertz CT molecular complexity index is 727. The number of guanidine groups is 1. The summed E-state index contributed by atoms with van der Waals surface area (Å²) in [7, 11) is 3.37. The van der Waals surface area contributed by atoms with E-state index >= 15 is 0 Å². The van der Waals surface area contributed by atoms with Crippen molar-refractivity contribution in [1.82, 2.24) is 20.9 Å². The Labute approximate surface area is 169 Å². The standard InChI is InChI=1S/C17H23N5OS.HI/c1-11-15(24-12(2)22-11)10-21-17(19-4)20-9-13-5-7-14(8-6-13)16(23)18-3;/h5-8H,9-10H2,1-4H3,(H,18,23)(H2,19,20,21);1H. The molecule has 2 rings (SSSR count). The number of carbonyl (C=O) groups excluding carboxylic acids is 1. The van der Waals surface area contributed by atoms with Gasteiger partial charge >= 0.3 is 0 Å². The first-order valence-corrected chi connectivity index (χ1v) is 8.53. The van der Waals surface area contributed by atoms with Gasteiger partial charge < -0.3 is 16.0 Å². The first-order chi connectivity index (χ1) is 11.5. The number of aryl methyl sites for hydroxylation is 2. The van der Waals surface area contributed by atoms with E-state index in [0.29, 0.717) is 18.7 Å². The zero-order valence-corrected chi connectivity index (χ0v) is 18.0. The number of amides is 1. The maximum Gasteiger partial charge on any atom is 0.251 e. The Morgan fingerprint density at radius 1 is 1.16 bits per heavy atom. The summed E-state index contributed by atoms with van der Waals surface area (Å²) in [5, 5.41) is 10.2. The molecule has 0 saturated heterocycles. The third kappa shape index (κ3) is 6.28. The molecule has 1 amide bonds. The van der Waals surface area contributed by atoms with Crippen LogP contribution in [0.25, 0.3) is 0 Å². The van der Waals surface area contributed by atoms with Crippen molar-refractivity contribution in [2.45, 2.75) is 26.9 Å². The van der Waals surface area contributed by atoms with Gasteiger partial charge in [-0.2, -0.15) is 0 Å². The molecule has 0 aliphatic rings. The molecule has 0 atom stereocenters. The predicted molar refractivity (Wildman–Crippen MR) is 114 cm³/mol. The van der Waals surface area contributed by atoms with E-state index < -0.39 is 0 Å². The molecular formula is C17H24IN5OS. The number of halogens is 1. The number of hydrogen-bond acceptors (Lipinski definition) is 4. The molecule has 8 heteroatoms. The summed E-state index contributed by atoms with van der Waals surface area (Å²) in [6.07, 6.45) is 0. The highest BCUT2D eigenvalue weighted by molar-refractivity contribution is 14.0. The number of rotatable bonds is 5. The van der Waals surface area contributed by atoms with Gasteiger partial charge in [0.05, 0.1) is 17.2 Å². The van der Waals surface area contributed by atoms with Crippen molar-refractivity contribution < 1.29 is 4.79 Å². The van der Waals surface area contributed by atoms with Gasteiger partial charge in [0.15, 0.2) is 5.96 Å². The fourth-order valence-electron chi connectivity index (χ4n) is 2.23. The molecule has 0 fully saturated rings. The average molecular weight is 473 g/mol. The third-order valence-electron chi connectivity index (χ3n) is 3.54. The molecule has 1 aromatic heterocycles. The zero-order valence-electron chi connectivity index (χ0n) is 14.8. The second-order valence-corrected chi connectivity index (χ2v) is 6.58. The lowest BCUT2D eigenvalue weighted by Crippen LogP contribution is -2.36. The van der Waals surface area contributed by atoms with E-state index in [1.54, 1.807) is 25.4 Å². The minimum absolute atomic E-state index is 0. The lowest BCUT2D eigenvalue weighted by atomic mass is 10.1. The largest absolute Gasteiger partial charge is 0.355 e. The molecule has 0 bridgehead atoms. The number of nitrogens with zero attached hydrogens (tertiary/aromatic N) is 2. The molecule has 0 unspecified atom stereocenters.